The second-order valence-corrected chi connectivity index (χ2v) is 4.08. The highest BCUT2D eigenvalue weighted by Crippen LogP contribution is 2.18. The Morgan fingerprint density at radius 2 is 1.94 bits per heavy atom. The van der Waals surface area contributed by atoms with Crippen LogP contribution in [0.15, 0.2) is 18.3 Å². The van der Waals surface area contributed by atoms with E-state index in [1.165, 1.54) is 6.20 Å². The predicted octanol–water partition coefficient (Wildman–Crippen LogP) is 2.62. The highest BCUT2D eigenvalue weighted by atomic mass is 79.9. The van der Waals surface area contributed by atoms with Crippen LogP contribution in [0.5, 0.6) is 0 Å². The van der Waals surface area contributed by atoms with E-state index < -0.39 is 17.5 Å². The molecule has 0 aliphatic rings. The fourth-order valence-corrected chi connectivity index (χ4v) is 1.73. The predicted molar refractivity (Wildman–Crippen MR) is 58.7 cm³/mol. The number of alkyl halides is 1. The molecule has 0 N–H and O–H groups in total. The van der Waals surface area contributed by atoms with Crippen LogP contribution in [-0.2, 0) is 6.42 Å². The molecule has 2 rings (SSSR count). The van der Waals surface area contributed by atoms with E-state index in [0.29, 0.717) is 17.4 Å². The molecule has 1 heterocycles. The van der Waals surface area contributed by atoms with Gasteiger partial charge in [0, 0.05) is 11.8 Å². The van der Waals surface area contributed by atoms with Gasteiger partial charge in [0.15, 0.2) is 17.5 Å². The van der Waals surface area contributed by atoms with Crippen LogP contribution in [0.1, 0.15) is 5.69 Å². The van der Waals surface area contributed by atoms with E-state index in [0.717, 1.165) is 16.8 Å². The van der Waals surface area contributed by atoms with Crippen LogP contribution in [-0.4, -0.2) is 20.3 Å². The molecular formula is C10H7BrF3N3. The molecule has 0 aliphatic carbocycles. The molecule has 17 heavy (non-hydrogen) atoms. The number of rotatable bonds is 3. The molecule has 0 atom stereocenters. The molecule has 0 aliphatic heterocycles. The molecule has 0 unspecified atom stereocenters. The van der Waals surface area contributed by atoms with E-state index in [1.54, 1.807) is 0 Å². The summed E-state index contributed by atoms with van der Waals surface area (Å²) in [4.78, 5) is 0. The summed E-state index contributed by atoms with van der Waals surface area (Å²) < 4.78 is 40.3. The zero-order chi connectivity index (χ0) is 12.4. The summed E-state index contributed by atoms with van der Waals surface area (Å²) >= 11 is 3.23. The van der Waals surface area contributed by atoms with Gasteiger partial charge in [-0.05, 0) is 12.1 Å². The maximum absolute atomic E-state index is 13.4. The summed E-state index contributed by atoms with van der Waals surface area (Å²) in [6.07, 6.45) is 2.09. The van der Waals surface area contributed by atoms with Gasteiger partial charge in [-0.25, -0.2) is 17.9 Å². The number of nitrogens with zero attached hydrogens (tertiary/aromatic N) is 3. The van der Waals surface area contributed by atoms with Gasteiger partial charge < -0.3 is 0 Å². The summed E-state index contributed by atoms with van der Waals surface area (Å²) in [5, 5.41) is 8.12. The van der Waals surface area contributed by atoms with Gasteiger partial charge in [0.2, 0.25) is 0 Å². The van der Waals surface area contributed by atoms with E-state index in [4.69, 9.17) is 0 Å². The fourth-order valence-electron chi connectivity index (χ4n) is 1.32. The zero-order valence-corrected chi connectivity index (χ0v) is 10.1. The molecule has 3 nitrogen and oxygen atoms in total. The molecule has 0 spiro atoms. The van der Waals surface area contributed by atoms with Crippen molar-refractivity contribution in [1.82, 2.24) is 15.0 Å². The molecule has 2 aromatic rings. The standard InChI is InChI=1S/C10H7BrF3N3/c11-4-3-6-5-17(16-15-6)8-2-1-7(12)9(13)10(8)14/h1-2,5H,3-4H2. The maximum atomic E-state index is 13.4. The van der Waals surface area contributed by atoms with E-state index >= 15 is 0 Å². The lowest BCUT2D eigenvalue weighted by Gasteiger charge is -2.02. The Hall–Kier alpha value is -1.37. The normalized spacial score (nSPS) is 10.8. The summed E-state index contributed by atoms with van der Waals surface area (Å²) in [7, 11) is 0. The van der Waals surface area contributed by atoms with Crippen molar-refractivity contribution in [3.05, 3.63) is 41.5 Å². The monoisotopic (exact) mass is 305 g/mol. The lowest BCUT2D eigenvalue weighted by Crippen LogP contribution is -2.02. The summed E-state index contributed by atoms with van der Waals surface area (Å²) in [6, 6.07) is 1.96. The lowest BCUT2D eigenvalue weighted by molar-refractivity contribution is 0.442. The van der Waals surface area contributed by atoms with Crippen molar-refractivity contribution in [2.24, 2.45) is 0 Å². The van der Waals surface area contributed by atoms with Crippen LogP contribution < -0.4 is 0 Å². The average Bonchev–Trinajstić information content (AvgIpc) is 2.75. The molecular weight excluding hydrogens is 299 g/mol. The second-order valence-electron chi connectivity index (χ2n) is 3.29. The van der Waals surface area contributed by atoms with Crippen molar-refractivity contribution in [2.45, 2.75) is 6.42 Å². The molecule has 1 aromatic carbocycles. The van der Waals surface area contributed by atoms with Gasteiger partial charge in [-0.3, -0.25) is 0 Å². The Balaban J connectivity index is 2.42. The summed E-state index contributed by atoms with van der Waals surface area (Å²) in [5.74, 6) is -4.02. The van der Waals surface area contributed by atoms with E-state index in [-0.39, 0.29) is 5.69 Å². The van der Waals surface area contributed by atoms with Crippen LogP contribution in [0.2, 0.25) is 0 Å². The first-order valence-corrected chi connectivity index (χ1v) is 5.86. The molecule has 1 aromatic heterocycles. The zero-order valence-electron chi connectivity index (χ0n) is 8.50. The Morgan fingerprint density at radius 1 is 1.18 bits per heavy atom. The highest BCUT2D eigenvalue weighted by molar-refractivity contribution is 9.09. The van der Waals surface area contributed by atoms with Gasteiger partial charge in [0.25, 0.3) is 0 Å². The van der Waals surface area contributed by atoms with E-state index in [2.05, 4.69) is 26.2 Å². The highest BCUT2D eigenvalue weighted by Gasteiger charge is 2.15. The van der Waals surface area contributed by atoms with E-state index in [9.17, 15) is 13.2 Å². The Bertz CT molecular complexity index is 542. The number of hydrogen-bond acceptors (Lipinski definition) is 2. The topological polar surface area (TPSA) is 30.7 Å². The molecule has 0 saturated carbocycles. The first kappa shape index (κ1) is 12.1. The lowest BCUT2D eigenvalue weighted by atomic mass is 10.3. The number of benzene rings is 1. The van der Waals surface area contributed by atoms with Crippen molar-refractivity contribution in [3.8, 4) is 5.69 Å². The molecule has 0 amide bonds. The minimum Gasteiger partial charge on any atom is -0.217 e. The molecule has 0 radical (unpaired) electrons. The third kappa shape index (κ3) is 2.33. The van der Waals surface area contributed by atoms with Gasteiger partial charge >= 0.3 is 0 Å². The van der Waals surface area contributed by atoms with Crippen molar-refractivity contribution in [3.63, 3.8) is 0 Å². The molecule has 0 saturated heterocycles. The van der Waals surface area contributed by atoms with Gasteiger partial charge in [-0.1, -0.05) is 21.1 Å². The fraction of sp³-hybridized carbons (Fsp3) is 0.200. The number of aromatic nitrogens is 3. The van der Waals surface area contributed by atoms with Crippen molar-refractivity contribution in [1.29, 1.82) is 0 Å². The summed E-state index contributed by atoms with van der Waals surface area (Å²) in [5.41, 5.74) is 0.461. The number of halogens is 4. The second kappa shape index (κ2) is 4.87. The number of hydrogen-bond donors (Lipinski definition) is 0. The largest absolute Gasteiger partial charge is 0.217 e. The SMILES string of the molecule is Fc1ccc(-n2cc(CCBr)nn2)c(F)c1F. The van der Waals surface area contributed by atoms with Crippen LogP contribution in [0, 0.1) is 17.5 Å². The van der Waals surface area contributed by atoms with Crippen LogP contribution in [0.3, 0.4) is 0 Å². The van der Waals surface area contributed by atoms with Crippen molar-refractivity contribution in [2.75, 3.05) is 5.33 Å². The summed E-state index contributed by atoms with van der Waals surface area (Å²) in [6.45, 7) is 0. The minimum absolute atomic E-state index is 0.169. The van der Waals surface area contributed by atoms with Crippen LogP contribution in [0.4, 0.5) is 13.2 Å². The Labute approximate surface area is 103 Å². The van der Waals surface area contributed by atoms with Crippen LogP contribution in [0.25, 0.3) is 5.69 Å². The Kier molecular flexibility index (Phi) is 3.46. The minimum atomic E-state index is -1.51. The third-order valence-electron chi connectivity index (χ3n) is 2.15. The van der Waals surface area contributed by atoms with E-state index in [1.807, 2.05) is 0 Å². The smallest absolute Gasteiger partial charge is 0.196 e. The quantitative estimate of drug-likeness (QED) is 0.645. The van der Waals surface area contributed by atoms with Crippen LogP contribution >= 0.6 is 15.9 Å². The van der Waals surface area contributed by atoms with Gasteiger partial charge in [-0.2, -0.15) is 0 Å². The first-order valence-electron chi connectivity index (χ1n) is 4.74. The van der Waals surface area contributed by atoms with Crippen molar-refractivity contribution < 1.29 is 13.2 Å². The molecule has 0 bridgehead atoms. The third-order valence-corrected chi connectivity index (χ3v) is 2.55. The average molecular weight is 306 g/mol. The maximum Gasteiger partial charge on any atom is 0.196 e. The first-order chi connectivity index (χ1) is 8.13. The van der Waals surface area contributed by atoms with Gasteiger partial charge in [0.1, 0.15) is 5.69 Å². The molecule has 0 fully saturated rings. The van der Waals surface area contributed by atoms with Gasteiger partial charge in [-0.15, -0.1) is 5.10 Å². The van der Waals surface area contributed by atoms with Gasteiger partial charge in [0.05, 0.1) is 11.9 Å². The number of aryl methyl sites for hydroxylation is 1. The molecule has 7 heteroatoms. The Morgan fingerprint density at radius 3 is 2.65 bits per heavy atom. The molecule has 90 valence electrons. The van der Waals surface area contributed by atoms with Crippen molar-refractivity contribution >= 4 is 15.9 Å².